The third-order valence-electron chi connectivity index (χ3n) is 5.24. The molecule has 8 heteroatoms. The second-order valence-corrected chi connectivity index (χ2v) is 9.04. The molecule has 1 aromatic heterocycles. The predicted molar refractivity (Wildman–Crippen MR) is 124 cm³/mol. The minimum atomic E-state index is -0.139. The molecule has 4 rings (SSSR count). The molecular weight excluding hydrogens is 434 g/mol. The first-order valence-electron chi connectivity index (χ1n) is 10.3. The lowest BCUT2D eigenvalue weighted by Crippen LogP contribution is -2.30. The van der Waals surface area contributed by atoms with Gasteiger partial charge < -0.3 is 10.1 Å². The third kappa shape index (κ3) is 5.47. The topological polar surface area (TPSA) is 73.2 Å². The van der Waals surface area contributed by atoms with Crippen LogP contribution in [-0.2, 0) is 22.6 Å². The molecule has 2 aromatic carbocycles. The van der Waals surface area contributed by atoms with Gasteiger partial charge in [-0.3, -0.25) is 14.2 Å². The number of aryl methyl sites for hydroxylation is 1. The first-order valence-corrected chi connectivity index (χ1v) is 11.6. The number of ether oxygens (including phenoxy) is 1. The van der Waals surface area contributed by atoms with Gasteiger partial charge in [-0.05, 0) is 43.5 Å². The largest absolute Gasteiger partial charge is 0.376 e. The molecule has 1 fully saturated rings. The molecule has 1 amide bonds. The van der Waals surface area contributed by atoms with Crippen LogP contribution in [0.1, 0.15) is 24.0 Å². The van der Waals surface area contributed by atoms with E-state index in [9.17, 15) is 9.59 Å². The first-order chi connectivity index (χ1) is 15.0. The maximum Gasteiger partial charge on any atom is 0.262 e. The average molecular weight is 458 g/mol. The van der Waals surface area contributed by atoms with Crippen molar-refractivity contribution in [1.29, 1.82) is 0 Å². The summed E-state index contributed by atoms with van der Waals surface area (Å²) in [6.07, 6.45) is 1.88. The van der Waals surface area contributed by atoms with Crippen molar-refractivity contribution in [1.82, 2.24) is 14.9 Å². The van der Waals surface area contributed by atoms with E-state index in [4.69, 9.17) is 16.3 Å². The molecule has 0 radical (unpaired) electrons. The molecule has 1 aliphatic rings. The van der Waals surface area contributed by atoms with E-state index in [2.05, 4.69) is 10.3 Å². The summed E-state index contributed by atoms with van der Waals surface area (Å²) in [7, 11) is 0. The first kappa shape index (κ1) is 21.9. The molecule has 0 aliphatic carbocycles. The number of carbonyl (C=O) groups is 1. The number of fused-ring (bicyclic) bond motifs is 1. The number of rotatable bonds is 7. The van der Waals surface area contributed by atoms with Crippen LogP contribution in [0.3, 0.4) is 0 Å². The van der Waals surface area contributed by atoms with Crippen LogP contribution in [0, 0.1) is 6.92 Å². The van der Waals surface area contributed by atoms with Gasteiger partial charge in [0.25, 0.3) is 5.56 Å². The van der Waals surface area contributed by atoms with E-state index >= 15 is 0 Å². The fourth-order valence-corrected chi connectivity index (χ4v) is 4.53. The van der Waals surface area contributed by atoms with Crippen LogP contribution in [0.4, 0.5) is 0 Å². The predicted octanol–water partition coefficient (Wildman–Crippen LogP) is 3.95. The summed E-state index contributed by atoms with van der Waals surface area (Å²) < 4.78 is 7.35. The van der Waals surface area contributed by atoms with Crippen LogP contribution >= 0.6 is 23.4 Å². The fourth-order valence-electron chi connectivity index (χ4n) is 3.52. The summed E-state index contributed by atoms with van der Waals surface area (Å²) in [5, 5.41) is 4.45. The van der Waals surface area contributed by atoms with E-state index in [-0.39, 0.29) is 23.3 Å². The Bertz CT molecular complexity index is 1140. The highest BCUT2D eigenvalue weighted by Gasteiger charge is 2.21. The minimum absolute atomic E-state index is 0.0148. The zero-order chi connectivity index (χ0) is 21.8. The van der Waals surface area contributed by atoms with E-state index < -0.39 is 0 Å². The molecule has 162 valence electrons. The Hall–Kier alpha value is -2.35. The maximum absolute atomic E-state index is 13.1. The molecule has 0 bridgehead atoms. The molecule has 0 saturated carbocycles. The Kier molecular flexibility index (Phi) is 6.95. The molecule has 2 heterocycles. The van der Waals surface area contributed by atoms with Crippen LogP contribution in [0.25, 0.3) is 10.9 Å². The van der Waals surface area contributed by atoms with Crippen LogP contribution in [0.2, 0.25) is 5.02 Å². The van der Waals surface area contributed by atoms with Crippen molar-refractivity contribution in [2.24, 2.45) is 0 Å². The van der Waals surface area contributed by atoms with Crippen molar-refractivity contribution >= 4 is 40.2 Å². The van der Waals surface area contributed by atoms with Crippen LogP contribution in [0.15, 0.2) is 52.4 Å². The quantitative estimate of drug-likeness (QED) is 0.429. The van der Waals surface area contributed by atoms with Crippen LogP contribution < -0.4 is 10.9 Å². The van der Waals surface area contributed by atoms with Crippen molar-refractivity contribution in [3.05, 3.63) is 69.0 Å². The SMILES string of the molecule is Cc1ccc(CNC(=O)CSc2nc3cc(Cl)ccc3c(=O)n2CC2CCCO2)cc1. The summed E-state index contributed by atoms with van der Waals surface area (Å²) in [6.45, 7) is 3.62. The van der Waals surface area contributed by atoms with E-state index in [1.807, 2.05) is 31.2 Å². The molecule has 6 nitrogen and oxygen atoms in total. The van der Waals surface area contributed by atoms with Gasteiger partial charge in [-0.25, -0.2) is 4.98 Å². The number of amides is 1. The van der Waals surface area contributed by atoms with E-state index in [1.54, 1.807) is 22.8 Å². The van der Waals surface area contributed by atoms with E-state index in [1.165, 1.54) is 17.3 Å². The van der Waals surface area contributed by atoms with Gasteiger partial charge in [0, 0.05) is 18.2 Å². The van der Waals surface area contributed by atoms with Gasteiger partial charge in [0.1, 0.15) is 0 Å². The Labute approximate surface area is 190 Å². The van der Waals surface area contributed by atoms with Gasteiger partial charge in [0.15, 0.2) is 5.16 Å². The third-order valence-corrected chi connectivity index (χ3v) is 6.45. The lowest BCUT2D eigenvalue weighted by Gasteiger charge is -2.16. The minimum Gasteiger partial charge on any atom is -0.376 e. The zero-order valence-electron chi connectivity index (χ0n) is 17.3. The molecule has 1 N–H and O–H groups in total. The van der Waals surface area contributed by atoms with Crippen LogP contribution in [-0.4, -0.2) is 33.9 Å². The van der Waals surface area contributed by atoms with Gasteiger partial charge in [-0.2, -0.15) is 0 Å². The van der Waals surface area contributed by atoms with E-state index in [0.29, 0.717) is 40.8 Å². The van der Waals surface area contributed by atoms with E-state index in [0.717, 1.165) is 18.4 Å². The Morgan fingerprint density at radius 2 is 2.10 bits per heavy atom. The zero-order valence-corrected chi connectivity index (χ0v) is 18.8. The lowest BCUT2D eigenvalue weighted by atomic mass is 10.1. The Morgan fingerprint density at radius 1 is 1.29 bits per heavy atom. The van der Waals surface area contributed by atoms with Gasteiger partial charge in [0.05, 0.1) is 29.3 Å². The van der Waals surface area contributed by atoms with Gasteiger partial charge in [0.2, 0.25) is 5.91 Å². The number of carbonyl (C=O) groups excluding carboxylic acids is 1. The number of aromatic nitrogens is 2. The van der Waals surface area contributed by atoms with Crippen molar-refractivity contribution in [3.63, 3.8) is 0 Å². The number of hydrogen-bond acceptors (Lipinski definition) is 5. The van der Waals surface area contributed by atoms with Gasteiger partial charge in [-0.15, -0.1) is 0 Å². The standard InChI is InChI=1S/C23H24ClN3O3S/c1-15-4-6-16(7-5-15)12-25-21(28)14-31-23-26-20-11-17(24)8-9-19(20)22(29)27(23)13-18-3-2-10-30-18/h4-9,11,18H,2-3,10,12-14H2,1H3,(H,25,28). The molecule has 1 aliphatic heterocycles. The molecular formula is C23H24ClN3O3S. The molecule has 3 aromatic rings. The molecule has 1 unspecified atom stereocenters. The van der Waals surface area contributed by atoms with Gasteiger partial charge in [-0.1, -0.05) is 53.2 Å². The number of halogens is 1. The number of nitrogens with zero attached hydrogens (tertiary/aromatic N) is 2. The number of hydrogen-bond donors (Lipinski definition) is 1. The monoisotopic (exact) mass is 457 g/mol. The number of nitrogens with one attached hydrogen (secondary N) is 1. The smallest absolute Gasteiger partial charge is 0.262 e. The summed E-state index contributed by atoms with van der Waals surface area (Å²) in [6, 6.07) is 13.1. The van der Waals surface area contributed by atoms with Crippen molar-refractivity contribution in [2.45, 2.75) is 44.1 Å². The molecule has 1 atom stereocenters. The maximum atomic E-state index is 13.1. The van der Waals surface area contributed by atoms with Crippen LogP contribution in [0.5, 0.6) is 0 Å². The highest BCUT2D eigenvalue weighted by Crippen LogP contribution is 2.22. The normalized spacial score (nSPS) is 16.0. The average Bonchev–Trinajstić information content (AvgIpc) is 3.27. The molecule has 1 saturated heterocycles. The summed E-state index contributed by atoms with van der Waals surface area (Å²) in [5.74, 6) is 0.0466. The summed E-state index contributed by atoms with van der Waals surface area (Å²) >= 11 is 7.35. The Morgan fingerprint density at radius 3 is 2.84 bits per heavy atom. The highest BCUT2D eigenvalue weighted by molar-refractivity contribution is 7.99. The lowest BCUT2D eigenvalue weighted by molar-refractivity contribution is -0.118. The van der Waals surface area contributed by atoms with Crippen molar-refractivity contribution < 1.29 is 9.53 Å². The molecule has 31 heavy (non-hydrogen) atoms. The fraction of sp³-hybridized carbons (Fsp3) is 0.348. The van der Waals surface area contributed by atoms with Crippen molar-refractivity contribution in [2.75, 3.05) is 12.4 Å². The Balaban J connectivity index is 1.51. The number of benzene rings is 2. The van der Waals surface area contributed by atoms with Crippen molar-refractivity contribution in [3.8, 4) is 0 Å². The number of thioether (sulfide) groups is 1. The highest BCUT2D eigenvalue weighted by atomic mass is 35.5. The second kappa shape index (κ2) is 9.85. The second-order valence-electron chi connectivity index (χ2n) is 7.66. The summed E-state index contributed by atoms with van der Waals surface area (Å²) in [5.41, 5.74) is 2.61. The molecule has 0 spiro atoms. The summed E-state index contributed by atoms with van der Waals surface area (Å²) in [4.78, 5) is 30.2. The van der Waals surface area contributed by atoms with Gasteiger partial charge >= 0.3 is 0 Å².